The molecule has 1 saturated heterocycles. The lowest BCUT2D eigenvalue weighted by Gasteiger charge is -2.24. The monoisotopic (exact) mass is 436 g/mol. The van der Waals surface area contributed by atoms with Gasteiger partial charge in [0.1, 0.15) is 0 Å². The Labute approximate surface area is 191 Å². The normalized spacial score (nSPS) is 15.2. The number of aromatic nitrogens is 1. The van der Waals surface area contributed by atoms with E-state index in [1.807, 2.05) is 13.1 Å². The van der Waals surface area contributed by atoms with Crippen LogP contribution in [-0.4, -0.2) is 70.4 Å². The van der Waals surface area contributed by atoms with Crippen molar-refractivity contribution in [2.45, 2.75) is 19.8 Å². The highest BCUT2D eigenvalue weighted by atomic mass is 16.5. The number of methoxy groups -OCH3 is 2. The highest BCUT2D eigenvalue weighted by Crippen LogP contribution is 2.37. The van der Waals surface area contributed by atoms with Crippen LogP contribution >= 0.6 is 0 Å². The molecule has 0 radical (unpaired) electrons. The molecular formula is C26H36N4O2. The van der Waals surface area contributed by atoms with E-state index in [0.29, 0.717) is 0 Å². The summed E-state index contributed by atoms with van der Waals surface area (Å²) in [6, 6.07) is 13.0. The highest BCUT2D eigenvalue weighted by Gasteiger charge is 2.18. The molecule has 0 unspecified atom stereocenters. The van der Waals surface area contributed by atoms with Crippen LogP contribution in [0, 0.1) is 0 Å². The minimum absolute atomic E-state index is 0.748. The summed E-state index contributed by atoms with van der Waals surface area (Å²) < 4.78 is 11.0. The third-order valence-corrected chi connectivity index (χ3v) is 6.55. The van der Waals surface area contributed by atoms with Crippen LogP contribution in [0.1, 0.15) is 18.9 Å². The number of nitrogens with zero attached hydrogens (tertiary/aromatic N) is 2. The van der Waals surface area contributed by atoms with Crippen LogP contribution < -0.4 is 19.7 Å². The second-order valence-electron chi connectivity index (χ2n) is 8.42. The molecule has 172 valence electrons. The average molecular weight is 437 g/mol. The molecule has 2 heterocycles. The molecule has 1 aliphatic rings. The standard InChI is InChI=1S/C26H36N4O2/c1-5-21-22-18-20(30-13-6-12-29(15-16-30)14-11-27-2)8-9-23(22)28-26(21)19-7-10-24(31-3)25(17-19)32-4/h7-10,17-18,27-28H,5-6,11-16H2,1-4H3. The first-order valence-corrected chi connectivity index (χ1v) is 11.7. The van der Waals surface area contributed by atoms with Crippen LogP contribution in [0.3, 0.4) is 0 Å². The lowest BCUT2D eigenvalue weighted by molar-refractivity contribution is 0.295. The first-order chi connectivity index (χ1) is 15.7. The van der Waals surface area contributed by atoms with Crippen molar-refractivity contribution in [2.75, 3.05) is 65.4 Å². The first kappa shape index (κ1) is 22.5. The Morgan fingerprint density at radius 1 is 0.969 bits per heavy atom. The minimum Gasteiger partial charge on any atom is -0.493 e. The molecule has 0 bridgehead atoms. The number of benzene rings is 2. The fraction of sp³-hybridized carbons (Fsp3) is 0.462. The summed E-state index contributed by atoms with van der Waals surface area (Å²) in [5, 5.41) is 4.58. The summed E-state index contributed by atoms with van der Waals surface area (Å²) in [5.74, 6) is 1.50. The van der Waals surface area contributed by atoms with E-state index in [4.69, 9.17) is 9.47 Å². The second kappa shape index (κ2) is 10.3. The van der Waals surface area contributed by atoms with Gasteiger partial charge in [0, 0.05) is 60.6 Å². The first-order valence-electron chi connectivity index (χ1n) is 11.7. The molecule has 4 rings (SSSR count). The number of likely N-dealkylation sites (N-methyl/N-ethyl adjacent to an activating group) is 1. The average Bonchev–Trinajstić information content (AvgIpc) is 3.03. The molecule has 1 aromatic heterocycles. The van der Waals surface area contributed by atoms with Crippen molar-refractivity contribution in [1.82, 2.24) is 15.2 Å². The van der Waals surface area contributed by atoms with Crippen molar-refractivity contribution in [3.05, 3.63) is 42.0 Å². The Morgan fingerprint density at radius 3 is 2.56 bits per heavy atom. The van der Waals surface area contributed by atoms with Gasteiger partial charge in [-0.1, -0.05) is 6.92 Å². The molecule has 2 N–H and O–H groups in total. The Hall–Kier alpha value is -2.70. The van der Waals surface area contributed by atoms with Crippen LogP contribution in [0.2, 0.25) is 0 Å². The summed E-state index contributed by atoms with van der Waals surface area (Å²) in [6.45, 7) is 8.87. The van der Waals surface area contributed by atoms with Crippen molar-refractivity contribution in [3.63, 3.8) is 0 Å². The van der Waals surface area contributed by atoms with Crippen LogP contribution in [-0.2, 0) is 6.42 Å². The number of nitrogens with one attached hydrogen (secondary N) is 2. The molecule has 32 heavy (non-hydrogen) atoms. The van der Waals surface area contributed by atoms with E-state index in [2.05, 4.69) is 57.4 Å². The number of hydrogen-bond donors (Lipinski definition) is 2. The number of ether oxygens (including phenoxy) is 2. The zero-order valence-electron chi connectivity index (χ0n) is 19.8. The van der Waals surface area contributed by atoms with E-state index < -0.39 is 0 Å². The van der Waals surface area contributed by atoms with E-state index in [0.717, 1.165) is 61.9 Å². The van der Waals surface area contributed by atoms with Crippen LogP contribution in [0.5, 0.6) is 11.5 Å². The lowest BCUT2D eigenvalue weighted by Crippen LogP contribution is -2.34. The van der Waals surface area contributed by atoms with Gasteiger partial charge in [-0.15, -0.1) is 0 Å². The molecule has 3 aromatic rings. The van der Waals surface area contributed by atoms with Gasteiger partial charge in [-0.2, -0.15) is 0 Å². The van der Waals surface area contributed by atoms with Crippen LogP contribution in [0.25, 0.3) is 22.2 Å². The molecule has 0 atom stereocenters. The van der Waals surface area contributed by atoms with Crippen LogP contribution in [0.4, 0.5) is 5.69 Å². The van der Waals surface area contributed by atoms with Gasteiger partial charge in [0.25, 0.3) is 0 Å². The number of aryl methyl sites for hydroxylation is 1. The van der Waals surface area contributed by atoms with E-state index >= 15 is 0 Å². The number of H-pyrrole nitrogens is 1. The van der Waals surface area contributed by atoms with Crippen molar-refractivity contribution in [3.8, 4) is 22.8 Å². The zero-order valence-corrected chi connectivity index (χ0v) is 19.8. The maximum atomic E-state index is 5.54. The Bertz CT molecular complexity index is 1050. The van der Waals surface area contributed by atoms with E-state index in [-0.39, 0.29) is 0 Å². The quantitative estimate of drug-likeness (QED) is 0.556. The number of hydrogen-bond acceptors (Lipinski definition) is 5. The largest absolute Gasteiger partial charge is 0.493 e. The number of rotatable bonds is 8. The molecular weight excluding hydrogens is 400 g/mol. The molecule has 1 aliphatic heterocycles. The van der Waals surface area contributed by atoms with Gasteiger partial charge in [0.15, 0.2) is 11.5 Å². The smallest absolute Gasteiger partial charge is 0.161 e. The fourth-order valence-electron chi connectivity index (χ4n) is 4.76. The van der Waals surface area contributed by atoms with Crippen molar-refractivity contribution in [2.24, 2.45) is 0 Å². The lowest BCUT2D eigenvalue weighted by atomic mass is 10.0. The van der Waals surface area contributed by atoms with Gasteiger partial charge in [0.2, 0.25) is 0 Å². The molecule has 2 aromatic carbocycles. The summed E-state index contributed by atoms with van der Waals surface area (Å²) in [4.78, 5) is 8.77. The van der Waals surface area contributed by atoms with Crippen LogP contribution in [0.15, 0.2) is 36.4 Å². The highest BCUT2D eigenvalue weighted by molar-refractivity contribution is 5.93. The van der Waals surface area contributed by atoms with Gasteiger partial charge in [-0.05, 0) is 68.4 Å². The third-order valence-electron chi connectivity index (χ3n) is 6.55. The number of fused-ring (bicyclic) bond motifs is 1. The number of anilines is 1. The third kappa shape index (κ3) is 4.57. The topological polar surface area (TPSA) is 52.8 Å². The molecule has 0 spiro atoms. The van der Waals surface area contributed by atoms with E-state index in [1.54, 1.807) is 14.2 Å². The summed E-state index contributed by atoms with van der Waals surface area (Å²) in [5.41, 5.74) is 6.13. The molecule has 0 aliphatic carbocycles. The second-order valence-corrected chi connectivity index (χ2v) is 8.42. The van der Waals surface area contributed by atoms with Crippen molar-refractivity contribution in [1.29, 1.82) is 0 Å². The van der Waals surface area contributed by atoms with Gasteiger partial charge in [-0.25, -0.2) is 0 Å². The molecule has 6 heteroatoms. The van der Waals surface area contributed by atoms with Gasteiger partial charge in [-0.3, -0.25) is 0 Å². The van der Waals surface area contributed by atoms with E-state index in [9.17, 15) is 0 Å². The van der Waals surface area contributed by atoms with Crippen molar-refractivity contribution < 1.29 is 9.47 Å². The maximum Gasteiger partial charge on any atom is 0.161 e. The van der Waals surface area contributed by atoms with Gasteiger partial charge in [0.05, 0.1) is 14.2 Å². The predicted octanol–water partition coefficient (Wildman–Crippen LogP) is 4.15. The van der Waals surface area contributed by atoms with Gasteiger partial charge >= 0.3 is 0 Å². The Balaban J connectivity index is 1.64. The summed E-state index contributed by atoms with van der Waals surface area (Å²) in [7, 11) is 5.38. The van der Waals surface area contributed by atoms with Gasteiger partial charge < -0.3 is 29.6 Å². The number of aromatic amines is 1. The summed E-state index contributed by atoms with van der Waals surface area (Å²) >= 11 is 0. The zero-order chi connectivity index (χ0) is 22.5. The Kier molecular flexibility index (Phi) is 7.22. The molecule has 6 nitrogen and oxygen atoms in total. The minimum atomic E-state index is 0.748. The summed E-state index contributed by atoms with van der Waals surface area (Å²) in [6.07, 6.45) is 2.16. The maximum absolute atomic E-state index is 5.54. The molecule has 1 fully saturated rings. The fourth-order valence-corrected chi connectivity index (χ4v) is 4.76. The Morgan fingerprint density at radius 2 is 1.81 bits per heavy atom. The molecule has 0 amide bonds. The van der Waals surface area contributed by atoms with Crippen molar-refractivity contribution >= 4 is 16.6 Å². The predicted molar refractivity (Wildman–Crippen MR) is 133 cm³/mol. The van der Waals surface area contributed by atoms with E-state index in [1.165, 1.54) is 35.1 Å². The SMILES string of the molecule is CCc1c(-c2ccc(OC)c(OC)c2)[nH]c2ccc(N3CCCN(CCNC)CC3)cc12. The molecule has 0 saturated carbocycles.